The Balaban J connectivity index is 0.00000208. The molecule has 0 N–H and O–H groups in total. The first-order valence-corrected chi connectivity index (χ1v) is 30.9. The van der Waals surface area contributed by atoms with Crippen molar-refractivity contribution < 1.29 is 17.4 Å². The number of aryl methyl sites for hydroxylation is 1. The molecule has 0 aromatic heterocycles. The zero-order chi connectivity index (χ0) is 32.7. The summed E-state index contributed by atoms with van der Waals surface area (Å²) in [4.78, 5) is 0. The van der Waals surface area contributed by atoms with Gasteiger partial charge in [-0.1, -0.05) is 0 Å². The Hall–Kier alpha value is -3.00. The molecule has 6 aromatic rings. The van der Waals surface area contributed by atoms with Gasteiger partial charge in [0.15, 0.2) is 0 Å². The number of fused-ring (bicyclic) bond motifs is 4. The third-order valence-electron chi connectivity index (χ3n) is 11.4. The van der Waals surface area contributed by atoms with E-state index in [0.717, 1.165) is 0 Å². The van der Waals surface area contributed by atoms with E-state index in [1.54, 1.807) is 22.3 Å². The molecule has 0 saturated carbocycles. The van der Waals surface area contributed by atoms with E-state index < -0.39 is 17.4 Å². The Morgan fingerprint density at radius 1 is 0.571 bits per heavy atom. The second-order valence-electron chi connectivity index (χ2n) is 15.7. The molecule has 8 rings (SSSR count). The summed E-state index contributed by atoms with van der Waals surface area (Å²) in [6, 6.07) is 43.4. The van der Waals surface area contributed by atoms with Gasteiger partial charge in [0.2, 0.25) is 0 Å². The van der Waals surface area contributed by atoms with Crippen LogP contribution in [0.3, 0.4) is 0 Å². The summed E-state index contributed by atoms with van der Waals surface area (Å²) in [5.41, 5.74) is 16.1. The second kappa shape index (κ2) is 13.0. The maximum absolute atomic E-state index is 3.74. The minimum Gasteiger partial charge on any atom is -0.147 e. The SMILES string of the molecule is CC1=Cc2c(-c3ccc4ccccc4c3)ccc(C)c2[CH]1[Zr]([CH3])([CH3])(=[SiH2])[CH]1C(C(C)C)=Cc2c(-c3ccc4ccccc4c3)cccc21.Cl.Cl. The number of halogens is 2. The second-order valence-corrected chi connectivity index (χ2v) is 46.2. The minimum atomic E-state index is -3.74. The molecule has 0 amide bonds. The molecule has 4 heteroatoms. The summed E-state index contributed by atoms with van der Waals surface area (Å²) in [5, 5.41) is 5.21. The molecule has 2 aliphatic rings. The Kier molecular flexibility index (Phi) is 9.47. The largest absolute Gasteiger partial charge is 0.147 e. The molecule has 0 saturated heterocycles. The predicted molar refractivity (Wildman–Crippen MR) is 220 cm³/mol. The van der Waals surface area contributed by atoms with Crippen LogP contribution in [0, 0.1) is 12.8 Å². The number of allylic oxidation sites excluding steroid dienone is 2. The normalized spacial score (nSPS) is 16.9. The van der Waals surface area contributed by atoms with Gasteiger partial charge in [0, 0.05) is 0 Å². The number of rotatable bonds is 5. The molecular weight excluding hydrogens is 731 g/mol. The van der Waals surface area contributed by atoms with Crippen LogP contribution in [0.4, 0.5) is 0 Å². The molecule has 2 unspecified atom stereocenters. The van der Waals surface area contributed by atoms with E-state index in [0.29, 0.717) is 13.2 Å². The van der Waals surface area contributed by atoms with Crippen LogP contribution in [-0.4, -0.2) is 6.88 Å². The fourth-order valence-corrected chi connectivity index (χ4v) is 30.0. The van der Waals surface area contributed by atoms with Crippen molar-refractivity contribution in [3.8, 4) is 22.3 Å². The van der Waals surface area contributed by atoms with Gasteiger partial charge in [0.1, 0.15) is 0 Å². The van der Waals surface area contributed by atoms with Crippen molar-refractivity contribution in [2.75, 3.05) is 0 Å². The van der Waals surface area contributed by atoms with E-state index in [4.69, 9.17) is 0 Å². The van der Waals surface area contributed by atoms with Crippen molar-refractivity contribution in [3.63, 3.8) is 0 Å². The summed E-state index contributed by atoms with van der Waals surface area (Å²) in [6.45, 7) is 12.1. The van der Waals surface area contributed by atoms with Gasteiger partial charge < -0.3 is 0 Å². The molecule has 0 aliphatic heterocycles. The zero-order valence-corrected chi connectivity index (χ0v) is 34.9. The summed E-state index contributed by atoms with van der Waals surface area (Å²) >= 11 is -3.74. The van der Waals surface area contributed by atoms with E-state index in [2.05, 4.69) is 171 Å². The van der Waals surface area contributed by atoms with Crippen LogP contribution in [0.1, 0.15) is 55.8 Å². The zero-order valence-electron chi connectivity index (χ0n) is 29.4. The van der Waals surface area contributed by atoms with E-state index in [9.17, 15) is 0 Å². The smallest absolute Gasteiger partial charge is 0.147 e. The van der Waals surface area contributed by atoms with Crippen molar-refractivity contribution in [2.45, 2.75) is 44.2 Å². The molecule has 0 fully saturated rings. The molecule has 49 heavy (non-hydrogen) atoms. The topological polar surface area (TPSA) is 0 Å². The average Bonchev–Trinajstić information content (AvgIpc) is 3.65. The van der Waals surface area contributed by atoms with E-state index in [1.807, 2.05) is 0 Å². The molecule has 0 heterocycles. The van der Waals surface area contributed by atoms with Crippen LogP contribution in [-0.2, 0) is 17.4 Å². The van der Waals surface area contributed by atoms with Crippen LogP contribution >= 0.6 is 24.8 Å². The summed E-state index contributed by atoms with van der Waals surface area (Å²) in [7, 11) is 0. The van der Waals surface area contributed by atoms with Gasteiger partial charge in [0.25, 0.3) is 0 Å². The Morgan fingerprint density at radius 2 is 1.12 bits per heavy atom. The van der Waals surface area contributed by atoms with E-state index in [-0.39, 0.29) is 24.8 Å². The molecule has 0 spiro atoms. The maximum Gasteiger partial charge on any atom is -0.147 e. The van der Waals surface area contributed by atoms with Gasteiger partial charge in [-0.3, -0.25) is 0 Å². The third-order valence-corrected chi connectivity index (χ3v) is 29.0. The van der Waals surface area contributed by atoms with Crippen LogP contribution in [0.15, 0.2) is 126 Å². The van der Waals surface area contributed by atoms with Crippen molar-refractivity contribution in [2.24, 2.45) is 5.92 Å². The van der Waals surface area contributed by atoms with Gasteiger partial charge in [-0.05, 0) is 0 Å². The molecule has 248 valence electrons. The van der Waals surface area contributed by atoms with Crippen molar-refractivity contribution in [1.29, 1.82) is 0 Å². The molecular formula is C45H46Cl2SiZr. The van der Waals surface area contributed by atoms with Crippen molar-refractivity contribution in [3.05, 3.63) is 154 Å². The number of benzene rings is 6. The number of hydrogen-bond donors (Lipinski definition) is 0. The average molecular weight is 777 g/mol. The van der Waals surface area contributed by atoms with Gasteiger partial charge in [-0.25, -0.2) is 0 Å². The molecule has 6 aromatic carbocycles. The fraction of sp³-hybridized carbons (Fsp3) is 0.200. The Morgan fingerprint density at radius 3 is 1.69 bits per heavy atom. The first-order valence-electron chi connectivity index (χ1n) is 17.2. The van der Waals surface area contributed by atoms with Crippen molar-refractivity contribution >= 4 is 65.4 Å². The molecule has 0 nitrogen and oxygen atoms in total. The Bertz CT molecular complexity index is 2410. The number of hydrogen-bond acceptors (Lipinski definition) is 0. The van der Waals surface area contributed by atoms with Crippen molar-refractivity contribution in [1.82, 2.24) is 0 Å². The standard InChI is InChI=1S/C22H19.C21H17.2CH3.2ClH.H2Si.Zr/c1-15(2)20-13-18-8-5-9-21(22(18)14-20)19-11-10-16-6-3-4-7-17(16)12-19;1-14-11-20-15(2)7-10-19(21(20)12-14)18-9-8-16-5-3-4-6-17(16)13-18;;;;;;/h3-15H,1-2H3;3-13H,1-2H3;2*1H3;2*1H;1H2;. The fourth-order valence-electron chi connectivity index (χ4n) is 9.41. The van der Waals surface area contributed by atoms with Gasteiger partial charge in [-0.15, -0.1) is 24.8 Å². The summed E-state index contributed by atoms with van der Waals surface area (Å²) in [6.07, 6.45) is 5.17. The third kappa shape index (κ3) is 5.78. The predicted octanol–water partition coefficient (Wildman–Crippen LogP) is 13.1. The minimum absolute atomic E-state index is 0. The van der Waals surface area contributed by atoms with Crippen LogP contribution < -0.4 is 0 Å². The molecule has 0 radical (unpaired) electrons. The molecule has 2 atom stereocenters. The van der Waals surface area contributed by atoms with Crippen LogP contribution in [0.2, 0.25) is 9.26 Å². The monoisotopic (exact) mass is 774 g/mol. The van der Waals surface area contributed by atoms with Crippen LogP contribution in [0.5, 0.6) is 0 Å². The Labute approximate surface area is 307 Å². The summed E-state index contributed by atoms with van der Waals surface area (Å²) < 4.78 is 6.54. The van der Waals surface area contributed by atoms with Gasteiger partial charge in [0.05, 0.1) is 0 Å². The first-order chi connectivity index (χ1) is 22.5. The first kappa shape index (κ1) is 35.8. The van der Waals surface area contributed by atoms with Gasteiger partial charge in [-0.2, -0.15) is 0 Å². The van der Waals surface area contributed by atoms with Gasteiger partial charge >= 0.3 is 285 Å². The molecule has 2 aliphatic carbocycles. The quantitative estimate of drug-likeness (QED) is 0.153. The van der Waals surface area contributed by atoms with Crippen LogP contribution in [0.25, 0.3) is 56.0 Å². The van der Waals surface area contributed by atoms with E-state index in [1.165, 1.54) is 60.5 Å². The summed E-state index contributed by atoms with van der Waals surface area (Å²) in [5.74, 6) is 0.490. The maximum atomic E-state index is 2.78. The van der Waals surface area contributed by atoms with E-state index >= 15 is 0 Å². The molecule has 0 bridgehead atoms.